The molecule has 9 nitrogen and oxygen atoms in total. The molecule has 0 radical (unpaired) electrons. The van der Waals surface area contributed by atoms with Gasteiger partial charge in [0, 0.05) is 12.8 Å². The predicted molar refractivity (Wildman–Crippen MR) is 91.2 cm³/mol. The molecule has 1 fully saturated rings. The van der Waals surface area contributed by atoms with Crippen LogP contribution in [0.5, 0.6) is 0 Å². The van der Waals surface area contributed by atoms with Crippen LogP contribution >= 0.6 is 0 Å². The Hall–Kier alpha value is -3.25. The first-order valence-electron chi connectivity index (χ1n) is 8.27. The highest BCUT2D eigenvalue weighted by Gasteiger charge is 2.24. The van der Waals surface area contributed by atoms with Crippen molar-refractivity contribution in [3.05, 3.63) is 42.0 Å². The Morgan fingerprint density at radius 3 is 2.92 bits per heavy atom. The molecular formula is C17H18N6O3. The lowest BCUT2D eigenvalue weighted by Crippen LogP contribution is -2.26. The first-order chi connectivity index (χ1) is 12.7. The summed E-state index contributed by atoms with van der Waals surface area (Å²) in [5, 5.41) is 18.0. The number of carbonyl (C=O) groups is 2. The maximum Gasteiger partial charge on any atom is 0.274 e. The summed E-state index contributed by atoms with van der Waals surface area (Å²) in [6, 6.07) is 6.81. The molecule has 0 bridgehead atoms. The molecular weight excluding hydrogens is 336 g/mol. The van der Waals surface area contributed by atoms with Crippen molar-refractivity contribution in [1.82, 2.24) is 20.1 Å². The Kier molecular flexibility index (Phi) is 5.56. The van der Waals surface area contributed by atoms with Crippen LogP contribution in [0.15, 0.2) is 30.6 Å². The fourth-order valence-corrected chi connectivity index (χ4v) is 2.62. The largest absolute Gasteiger partial charge is 0.357 e. The molecule has 1 aliphatic heterocycles. The SMILES string of the molecule is N#CCNC(=O)c1nn(C2CCCCO2)cc1NC(=O)c1ccccn1. The van der Waals surface area contributed by atoms with Gasteiger partial charge in [0.05, 0.1) is 18.0 Å². The average molecular weight is 354 g/mol. The van der Waals surface area contributed by atoms with Gasteiger partial charge >= 0.3 is 0 Å². The molecule has 1 unspecified atom stereocenters. The summed E-state index contributed by atoms with van der Waals surface area (Å²) >= 11 is 0. The van der Waals surface area contributed by atoms with Crippen molar-refractivity contribution in [3.63, 3.8) is 0 Å². The van der Waals surface area contributed by atoms with Gasteiger partial charge in [-0.05, 0) is 31.4 Å². The van der Waals surface area contributed by atoms with Gasteiger partial charge in [-0.2, -0.15) is 10.4 Å². The third-order valence-electron chi connectivity index (χ3n) is 3.87. The molecule has 2 N–H and O–H groups in total. The summed E-state index contributed by atoms with van der Waals surface area (Å²) in [5.41, 5.74) is 0.488. The van der Waals surface area contributed by atoms with E-state index in [1.54, 1.807) is 24.4 Å². The summed E-state index contributed by atoms with van der Waals surface area (Å²) in [5.74, 6) is -0.999. The van der Waals surface area contributed by atoms with Crippen LogP contribution in [0.25, 0.3) is 0 Å². The van der Waals surface area contributed by atoms with E-state index in [0.29, 0.717) is 6.61 Å². The maximum atomic E-state index is 12.4. The first-order valence-corrected chi connectivity index (χ1v) is 8.27. The van der Waals surface area contributed by atoms with Crippen LogP contribution in [-0.2, 0) is 4.74 Å². The second-order valence-electron chi connectivity index (χ2n) is 5.70. The minimum atomic E-state index is -0.544. The molecule has 0 aromatic carbocycles. The summed E-state index contributed by atoms with van der Waals surface area (Å²) in [6.45, 7) is 0.468. The normalized spacial score (nSPS) is 16.5. The fourth-order valence-electron chi connectivity index (χ4n) is 2.62. The predicted octanol–water partition coefficient (Wildman–Crippen LogP) is 1.48. The standard InChI is InChI=1S/C17H18N6O3/c18-7-9-20-17(25)15-13(21-16(24)12-5-1-3-8-19-12)11-23(22-15)14-6-2-4-10-26-14/h1,3,5,8,11,14H,2,4,6,9-10H2,(H,20,25)(H,21,24). The number of aromatic nitrogens is 3. The number of nitrogens with one attached hydrogen (secondary N) is 2. The molecule has 1 aliphatic rings. The maximum absolute atomic E-state index is 12.4. The number of rotatable bonds is 5. The molecule has 1 atom stereocenters. The van der Waals surface area contributed by atoms with E-state index in [-0.39, 0.29) is 29.8 Å². The van der Waals surface area contributed by atoms with Gasteiger partial charge in [0.25, 0.3) is 11.8 Å². The molecule has 0 saturated carbocycles. The third kappa shape index (κ3) is 4.04. The smallest absolute Gasteiger partial charge is 0.274 e. The van der Waals surface area contributed by atoms with Gasteiger partial charge in [-0.15, -0.1) is 0 Å². The van der Waals surface area contributed by atoms with Crippen molar-refractivity contribution in [2.75, 3.05) is 18.5 Å². The van der Waals surface area contributed by atoms with Crippen molar-refractivity contribution in [2.45, 2.75) is 25.5 Å². The van der Waals surface area contributed by atoms with E-state index in [1.165, 1.54) is 10.9 Å². The van der Waals surface area contributed by atoms with Gasteiger partial charge in [0.15, 0.2) is 5.69 Å². The van der Waals surface area contributed by atoms with E-state index in [9.17, 15) is 9.59 Å². The van der Waals surface area contributed by atoms with Gasteiger partial charge in [0.2, 0.25) is 0 Å². The molecule has 3 heterocycles. The summed E-state index contributed by atoms with van der Waals surface area (Å²) in [4.78, 5) is 28.6. The number of hydrogen-bond donors (Lipinski definition) is 2. The molecule has 0 aliphatic carbocycles. The lowest BCUT2D eigenvalue weighted by atomic mass is 10.2. The van der Waals surface area contributed by atoms with E-state index < -0.39 is 11.8 Å². The Balaban J connectivity index is 1.85. The highest BCUT2D eigenvalue weighted by molar-refractivity contribution is 6.07. The van der Waals surface area contributed by atoms with Crippen molar-refractivity contribution >= 4 is 17.5 Å². The Labute approximate surface area is 150 Å². The van der Waals surface area contributed by atoms with E-state index in [1.807, 2.05) is 6.07 Å². The van der Waals surface area contributed by atoms with E-state index >= 15 is 0 Å². The van der Waals surface area contributed by atoms with Crippen LogP contribution in [0.1, 0.15) is 46.5 Å². The molecule has 1 saturated heterocycles. The number of pyridine rings is 1. The van der Waals surface area contributed by atoms with Crippen molar-refractivity contribution in [1.29, 1.82) is 5.26 Å². The van der Waals surface area contributed by atoms with Crippen molar-refractivity contribution < 1.29 is 14.3 Å². The molecule has 2 amide bonds. The second-order valence-corrected chi connectivity index (χ2v) is 5.70. The number of anilines is 1. The van der Waals surface area contributed by atoms with Gasteiger partial charge in [0.1, 0.15) is 18.5 Å². The van der Waals surface area contributed by atoms with Crippen LogP contribution in [-0.4, -0.2) is 39.7 Å². The van der Waals surface area contributed by atoms with Gasteiger partial charge in [-0.3, -0.25) is 14.6 Å². The minimum Gasteiger partial charge on any atom is -0.357 e. The molecule has 26 heavy (non-hydrogen) atoms. The monoisotopic (exact) mass is 354 g/mol. The molecule has 134 valence electrons. The number of ether oxygens (including phenoxy) is 1. The Bertz CT molecular complexity index is 821. The summed E-state index contributed by atoms with van der Waals surface area (Å²) in [7, 11) is 0. The topological polar surface area (TPSA) is 122 Å². The molecule has 2 aromatic heterocycles. The van der Waals surface area contributed by atoms with Crippen LogP contribution in [0.3, 0.4) is 0 Å². The van der Waals surface area contributed by atoms with Crippen LogP contribution in [0, 0.1) is 11.3 Å². The van der Waals surface area contributed by atoms with E-state index in [0.717, 1.165) is 19.3 Å². The van der Waals surface area contributed by atoms with Gasteiger partial charge in [-0.25, -0.2) is 4.68 Å². The van der Waals surface area contributed by atoms with Gasteiger partial charge in [-0.1, -0.05) is 6.07 Å². The fraction of sp³-hybridized carbons (Fsp3) is 0.353. The highest BCUT2D eigenvalue weighted by Crippen LogP contribution is 2.25. The lowest BCUT2D eigenvalue weighted by Gasteiger charge is -2.22. The van der Waals surface area contributed by atoms with E-state index in [4.69, 9.17) is 10.00 Å². The number of nitriles is 1. The van der Waals surface area contributed by atoms with E-state index in [2.05, 4.69) is 20.7 Å². The van der Waals surface area contributed by atoms with Crippen LogP contribution in [0.4, 0.5) is 5.69 Å². The zero-order chi connectivity index (χ0) is 18.4. The van der Waals surface area contributed by atoms with Crippen LogP contribution in [0.2, 0.25) is 0 Å². The Morgan fingerprint density at radius 1 is 1.35 bits per heavy atom. The van der Waals surface area contributed by atoms with Crippen molar-refractivity contribution in [3.8, 4) is 6.07 Å². The number of amides is 2. The zero-order valence-electron chi connectivity index (χ0n) is 14.0. The zero-order valence-corrected chi connectivity index (χ0v) is 14.0. The number of hydrogen-bond acceptors (Lipinski definition) is 6. The third-order valence-corrected chi connectivity index (χ3v) is 3.87. The quantitative estimate of drug-likeness (QED) is 0.784. The summed E-state index contributed by atoms with van der Waals surface area (Å²) in [6.07, 6.45) is 5.54. The first kappa shape index (κ1) is 17.6. The van der Waals surface area contributed by atoms with Crippen LogP contribution < -0.4 is 10.6 Å². The average Bonchev–Trinajstić information content (AvgIpc) is 3.11. The summed E-state index contributed by atoms with van der Waals surface area (Å²) < 4.78 is 7.21. The minimum absolute atomic E-state index is 0.0266. The number of nitrogens with zero attached hydrogens (tertiary/aromatic N) is 4. The lowest BCUT2D eigenvalue weighted by molar-refractivity contribution is -0.0395. The Morgan fingerprint density at radius 2 is 2.23 bits per heavy atom. The molecule has 9 heteroatoms. The van der Waals surface area contributed by atoms with Crippen molar-refractivity contribution in [2.24, 2.45) is 0 Å². The number of carbonyl (C=O) groups excluding carboxylic acids is 2. The molecule has 0 spiro atoms. The second kappa shape index (κ2) is 8.22. The highest BCUT2D eigenvalue weighted by atomic mass is 16.5. The molecule has 2 aromatic rings. The van der Waals surface area contributed by atoms with Gasteiger partial charge < -0.3 is 15.4 Å². The molecule has 3 rings (SSSR count).